The number of nitrogens with one attached hydrogen (secondary N) is 2. The number of amides is 1. The number of aryl methyl sites for hydroxylation is 1. The topological polar surface area (TPSA) is 70.4 Å². The molecule has 0 saturated carbocycles. The van der Waals surface area contributed by atoms with Crippen LogP contribution < -0.4 is 10.6 Å². The maximum atomic E-state index is 12.9. The van der Waals surface area contributed by atoms with Crippen LogP contribution in [-0.4, -0.2) is 27.4 Å². The average Bonchev–Trinajstić information content (AvgIpc) is 3.53. The molecule has 0 aliphatic carbocycles. The highest BCUT2D eigenvalue weighted by Gasteiger charge is 2.41. The second-order valence-electron chi connectivity index (χ2n) is 8.84. The Morgan fingerprint density at radius 2 is 1.86 bits per heavy atom. The van der Waals surface area contributed by atoms with E-state index in [2.05, 4.69) is 22.5 Å². The van der Waals surface area contributed by atoms with E-state index in [4.69, 9.17) is 28.2 Å². The summed E-state index contributed by atoms with van der Waals surface area (Å²) in [7, 11) is 0. The monoisotopic (exact) mass is 530 g/mol. The largest absolute Gasteiger partial charge is 0.459 e. The molecule has 0 spiro atoms. The van der Waals surface area contributed by atoms with Crippen molar-refractivity contribution in [1.82, 2.24) is 15.2 Å². The fraction of sp³-hybridized carbons (Fsp3) is 0.207. The lowest BCUT2D eigenvalue weighted by atomic mass is 10.0. The molecule has 2 unspecified atom stereocenters. The minimum atomic E-state index is -0.265. The van der Waals surface area contributed by atoms with Crippen LogP contribution in [0.25, 0.3) is 11.3 Å². The van der Waals surface area contributed by atoms with Gasteiger partial charge in [-0.1, -0.05) is 42.8 Å². The molecule has 188 valence electrons. The lowest BCUT2D eigenvalue weighted by molar-refractivity contribution is -0.116. The molecule has 5 rings (SSSR count). The summed E-state index contributed by atoms with van der Waals surface area (Å²) in [6, 6.07) is 24.6. The molecule has 3 heterocycles. The van der Waals surface area contributed by atoms with Crippen LogP contribution >= 0.6 is 23.8 Å². The van der Waals surface area contributed by atoms with Crippen LogP contribution in [-0.2, 0) is 11.2 Å². The number of hydrogen-bond acceptors (Lipinski definition) is 4. The summed E-state index contributed by atoms with van der Waals surface area (Å²) in [6.07, 6.45) is 2.88. The van der Waals surface area contributed by atoms with Gasteiger partial charge in [0.15, 0.2) is 5.11 Å². The van der Waals surface area contributed by atoms with Gasteiger partial charge < -0.3 is 20.0 Å². The third-order valence-corrected chi connectivity index (χ3v) is 7.10. The number of furan rings is 1. The van der Waals surface area contributed by atoms with Crippen molar-refractivity contribution in [2.45, 2.75) is 31.8 Å². The number of benzene rings is 2. The number of thiocarbonyl (C=S) groups is 1. The molecule has 37 heavy (non-hydrogen) atoms. The summed E-state index contributed by atoms with van der Waals surface area (Å²) in [4.78, 5) is 19.5. The second-order valence-corrected chi connectivity index (χ2v) is 9.66. The predicted molar refractivity (Wildman–Crippen MR) is 150 cm³/mol. The van der Waals surface area contributed by atoms with Crippen molar-refractivity contribution in [3.8, 4) is 11.3 Å². The molecule has 1 saturated heterocycles. The molecule has 0 radical (unpaired) electrons. The molecular formula is C29H27ClN4O2S. The van der Waals surface area contributed by atoms with Gasteiger partial charge in [-0.05, 0) is 78.8 Å². The number of anilines is 1. The summed E-state index contributed by atoms with van der Waals surface area (Å²) in [5.41, 5.74) is 3.73. The smallest absolute Gasteiger partial charge is 0.226 e. The maximum Gasteiger partial charge on any atom is 0.226 e. The first-order valence-electron chi connectivity index (χ1n) is 12.2. The van der Waals surface area contributed by atoms with Crippen LogP contribution in [0.2, 0.25) is 5.02 Å². The van der Waals surface area contributed by atoms with Gasteiger partial charge in [-0.15, -0.1) is 0 Å². The summed E-state index contributed by atoms with van der Waals surface area (Å²) in [6.45, 7) is 2.50. The van der Waals surface area contributed by atoms with Gasteiger partial charge in [0.2, 0.25) is 5.91 Å². The first-order valence-corrected chi connectivity index (χ1v) is 13.0. The molecule has 2 aromatic heterocycles. The third-order valence-electron chi connectivity index (χ3n) is 6.50. The van der Waals surface area contributed by atoms with E-state index in [1.165, 1.54) is 0 Å². The predicted octanol–water partition coefficient (Wildman–Crippen LogP) is 6.56. The molecule has 1 aliphatic heterocycles. The highest BCUT2D eigenvalue weighted by Crippen LogP contribution is 2.40. The number of halogens is 1. The quantitative estimate of drug-likeness (QED) is 0.251. The fourth-order valence-corrected chi connectivity index (χ4v) is 5.08. The zero-order valence-corrected chi connectivity index (χ0v) is 21.9. The van der Waals surface area contributed by atoms with Gasteiger partial charge in [-0.3, -0.25) is 9.78 Å². The normalized spacial score (nSPS) is 17.0. The van der Waals surface area contributed by atoms with E-state index >= 15 is 0 Å². The van der Waals surface area contributed by atoms with Crippen LogP contribution in [0.15, 0.2) is 89.5 Å². The number of para-hydroxylation sites is 1. The van der Waals surface area contributed by atoms with Crippen LogP contribution in [0.4, 0.5) is 5.69 Å². The van der Waals surface area contributed by atoms with Crippen molar-refractivity contribution in [3.63, 3.8) is 0 Å². The zero-order chi connectivity index (χ0) is 25.8. The molecule has 2 N–H and O–H groups in total. The van der Waals surface area contributed by atoms with Crippen LogP contribution in [0.1, 0.15) is 42.4 Å². The van der Waals surface area contributed by atoms with Crippen molar-refractivity contribution < 1.29 is 9.21 Å². The van der Waals surface area contributed by atoms with Gasteiger partial charge in [0, 0.05) is 35.4 Å². The molecule has 1 aliphatic rings. The van der Waals surface area contributed by atoms with Gasteiger partial charge in [-0.25, -0.2) is 0 Å². The summed E-state index contributed by atoms with van der Waals surface area (Å²) in [5.74, 6) is 1.41. The van der Waals surface area contributed by atoms with Crippen LogP contribution in [0, 0.1) is 0 Å². The first-order chi connectivity index (χ1) is 18.0. The molecule has 1 amide bonds. The number of hydrogen-bond donors (Lipinski definition) is 2. The molecule has 6 nitrogen and oxygen atoms in total. The second kappa shape index (κ2) is 11.2. The Morgan fingerprint density at radius 1 is 1.08 bits per heavy atom. The first kappa shape index (κ1) is 25.0. The molecule has 2 aromatic carbocycles. The van der Waals surface area contributed by atoms with Crippen molar-refractivity contribution >= 4 is 40.5 Å². The minimum Gasteiger partial charge on any atom is -0.459 e. The summed E-state index contributed by atoms with van der Waals surface area (Å²) < 4.78 is 6.34. The highest BCUT2D eigenvalue weighted by atomic mass is 35.5. The van der Waals surface area contributed by atoms with Gasteiger partial charge in [0.05, 0.1) is 11.7 Å². The van der Waals surface area contributed by atoms with Gasteiger partial charge in [-0.2, -0.15) is 0 Å². The standard InChI is InChI=1S/C29H27ClN4O2S/c1-2-19-7-3-4-8-22(19)32-26(35)16-18-34-28(27(33-29(34)37)23-9-5-6-17-31-23)25-15-14-24(36-25)20-10-12-21(30)13-11-20/h3-15,17,27-28H,2,16,18H2,1H3,(H,32,35)(H,33,37). The Kier molecular flexibility index (Phi) is 7.53. The van der Waals surface area contributed by atoms with E-state index in [9.17, 15) is 4.79 Å². The van der Waals surface area contributed by atoms with Crippen molar-refractivity contribution in [2.24, 2.45) is 0 Å². The summed E-state index contributed by atoms with van der Waals surface area (Å²) in [5, 5.41) is 7.69. The molecule has 4 aromatic rings. The molecular weight excluding hydrogens is 504 g/mol. The Balaban J connectivity index is 1.39. The fourth-order valence-electron chi connectivity index (χ4n) is 4.62. The number of rotatable bonds is 8. The highest BCUT2D eigenvalue weighted by molar-refractivity contribution is 7.80. The Morgan fingerprint density at radius 3 is 2.62 bits per heavy atom. The van der Waals surface area contributed by atoms with Gasteiger partial charge >= 0.3 is 0 Å². The van der Waals surface area contributed by atoms with E-state index < -0.39 is 0 Å². The Hall–Kier alpha value is -3.68. The van der Waals surface area contributed by atoms with Gasteiger partial charge in [0.25, 0.3) is 0 Å². The number of pyridine rings is 1. The van der Waals surface area contributed by atoms with Crippen molar-refractivity contribution in [1.29, 1.82) is 0 Å². The van der Waals surface area contributed by atoms with E-state index in [1.54, 1.807) is 6.20 Å². The molecule has 8 heteroatoms. The number of carbonyl (C=O) groups excluding carboxylic acids is 1. The number of nitrogens with zero attached hydrogens (tertiary/aromatic N) is 2. The molecule has 0 bridgehead atoms. The third kappa shape index (κ3) is 5.53. The number of aromatic nitrogens is 1. The van der Waals surface area contributed by atoms with E-state index in [0.29, 0.717) is 16.7 Å². The van der Waals surface area contributed by atoms with Gasteiger partial charge in [0.1, 0.15) is 17.6 Å². The Labute approximate surface area is 226 Å². The van der Waals surface area contributed by atoms with Crippen molar-refractivity contribution in [2.75, 3.05) is 11.9 Å². The van der Waals surface area contributed by atoms with E-state index in [1.807, 2.05) is 83.8 Å². The zero-order valence-electron chi connectivity index (χ0n) is 20.4. The van der Waals surface area contributed by atoms with Crippen LogP contribution in [0.5, 0.6) is 0 Å². The number of carbonyl (C=O) groups is 1. The lowest BCUT2D eigenvalue weighted by Gasteiger charge is -2.26. The van der Waals surface area contributed by atoms with Crippen LogP contribution in [0.3, 0.4) is 0 Å². The summed E-state index contributed by atoms with van der Waals surface area (Å²) >= 11 is 11.8. The Bertz CT molecular complexity index is 1390. The molecule has 1 fully saturated rings. The van der Waals surface area contributed by atoms with Crippen molar-refractivity contribution in [3.05, 3.63) is 107 Å². The average molecular weight is 531 g/mol. The maximum absolute atomic E-state index is 12.9. The molecule has 2 atom stereocenters. The van der Waals surface area contributed by atoms with E-state index in [-0.39, 0.29) is 24.4 Å². The van der Waals surface area contributed by atoms with E-state index in [0.717, 1.165) is 40.4 Å². The SMILES string of the molecule is CCc1ccccc1NC(=O)CCN1C(=S)NC(c2ccccn2)C1c1ccc(-c2ccc(Cl)cc2)o1. The lowest BCUT2D eigenvalue weighted by Crippen LogP contribution is -2.32. The minimum absolute atomic E-state index is 0.0648.